The number of aromatic nitrogens is 4. The molecular weight excluding hydrogens is 371 g/mol. The Bertz CT molecular complexity index is 769. The fourth-order valence-electron chi connectivity index (χ4n) is 8.04. The van der Waals surface area contributed by atoms with Crippen molar-refractivity contribution in [3.63, 3.8) is 0 Å². The van der Waals surface area contributed by atoms with Crippen molar-refractivity contribution in [2.24, 2.45) is 40.9 Å². The third kappa shape index (κ3) is 3.15. The number of hydrogen-bond donors (Lipinski definition) is 1. The average Bonchev–Trinajstić information content (AvgIpc) is 3.28. The predicted octanol–water partition coefficient (Wildman–Crippen LogP) is 3.21. The molecule has 5 rings (SSSR count). The van der Waals surface area contributed by atoms with Gasteiger partial charge < -0.3 is 5.11 Å². The lowest BCUT2D eigenvalue weighted by molar-refractivity contribution is -0.139. The van der Waals surface area contributed by atoms with E-state index in [0.29, 0.717) is 36.5 Å². The first-order valence-corrected chi connectivity index (χ1v) is 11.4. The molecule has 0 aliphatic heterocycles. The van der Waals surface area contributed by atoms with E-state index in [9.17, 15) is 9.90 Å². The molecule has 1 unspecified atom stereocenters. The van der Waals surface area contributed by atoms with Gasteiger partial charge in [-0.1, -0.05) is 6.92 Å². The summed E-state index contributed by atoms with van der Waals surface area (Å²) in [4.78, 5) is 14.4. The second-order valence-electron chi connectivity index (χ2n) is 10.9. The number of rotatable bonds is 3. The molecule has 0 bridgehead atoms. The van der Waals surface area contributed by atoms with Crippen LogP contribution in [0.1, 0.15) is 65.2 Å². The van der Waals surface area contributed by atoms with Crippen LogP contribution >= 0.6 is 0 Å². The second-order valence-corrected chi connectivity index (χ2v) is 10.9. The Kier molecular flexibility index (Phi) is 4.61. The lowest BCUT2D eigenvalue weighted by Gasteiger charge is -2.57. The minimum absolute atomic E-state index is 0.0153. The number of tetrazole rings is 1. The summed E-state index contributed by atoms with van der Waals surface area (Å²) in [5.41, 5.74) is -0.743. The van der Waals surface area contributed by atoms with Crippen molar-refractivity contribution in [3.8, 4) is 0 Å². The van der Waals surface area contributed by atoms with Crippen molar-refractivity contribution in [3.05, 3.63) is 6.33 Å². The first-order chi connectivity index (χ1) is 13.8. The fraction of sp³-hybridized carbons (Fsp3) is 0.909. The molecule has 7 heteroatoms. The first kappa shape index (κ1) is 19.6. The van der Waals surface area contributed by atoms with Crippen LogP contribution in [-0.4, -0.2) is 42.9 Å². The highest BCUT2D eigenvalue weighted by Gasteiger charge is 2.60. The molecule has 4 fully saturated rings. The molecular formula is C22H33FN4O2. The summed E-state index contributed by atoms with van der Waals surface area (Å²) in [7, 11) is 0. The predicted molar refractivity (Wildman–Crippen MR) is 104 cm³/mol. The third-order valence-electron chi connectivity index (χ3n) is 9.32. The van der Waals surface area contributed by atoms with Gasteiger partial charge in [-0.25, -0.2) is 4.39 Å². The maximum absolute atomic E-state index is 15.3. The molecule has 0 spiro atoms. The summed E-state index contributed by atoms with van der Waals surface area (Å²) in [6.45, 7) is 4.34. The van der Waals surface area contributed by atoms with Gasteiger partial charge in [-0.05, 0) is 98.5 Å². The zero-order valence-corrected chi connectivity index (χ0v) is 17.5. The van der Waals surface area contributed by atoms with Gasteiger partial charge in [0.05, 0.1) is 5.60 Å². The zero-order chi connectivity index (χ0) is 20.4. The summed E-state index contributed by atoms with van der Waals surface area (Å²) in [6, 6.07) is 0. The number of hydrogen-bond acceptors (Lipinski definition) is 5. The molecule has 1 aromatic rings. The summed E-state index contributed by atoms with van der Waals surface area (Å²) in [5, 5.41) is 22.0. The number of carbonyl (C=O) groups excluding carboxylic acids is 1. The van der Waals surface area contributed by atoms with Crippen molar-refractivity contribution >= 4 is 5.78 Å². The number of fused-ring (bicyclic) bond motifs is 5. The van der Waals surface area contributed by atoms with E-state index in [2.05, 4.69) is 22.3 Å². The number of nitrogens with zero attached hydrogens (tertiary/aromatic N) is 4. The monoisotopic (exact) mass is 404 g/mol. The largest absolute Gasteiger partial charge is 0.390 e. The minimum Gasteiger partial charge on any atom is -0.390 e. The van der Waals surface area contributed by atoms with E-state index in [1.54, 1.807) is 0 Å². The Morgan fingerprint density at radius 1 is 1.14 bits per heavy atom. The standard InChI is InChI=1S/C22H33FN4O2/c1-21(29)7-5-14-13-6-8-22(2)17(15(13)9-19(23)16(14)10-21)3-4-18(22)20(28)11-27-25-12-24-26-27/h12-19,29H,3-11H2,1-2H3/t13-,14-,15-,16+,17+,18-,19?,21-,22+/m1/s1. The van der Waals surface area contributed by atoms with Gasteiger partial charge in [0.2, 0.25) is 0 Å². The molecule has 1 heterocycles. The molecule has 160 valence electrons. The quantitative estimate of drug-likeness (QED) is 0.837. The van der Waals surface area contributed by atoms with Crippen molar-refractivity contribution in [2.75, 3.05) is 0 Å². The van der Waals surface area contributed by atoms with Crippen LogP contribution in [0.2, 0.25) is 0 Å². The van der Waals surface area contributed by atoms with E-state index in [1.807, 2.05) is 6.92 Å². The van der Waals surface area contributed by atoms with Gasteiger partial charge in [-0.2, -0.15) is 4.80 Å². The first-order valence-electron chi connectivity index (χ1n) is 11.4. The highest BCUT2D eigenvalue weighted by atomic mass is 19.1. The van der Waals surface area contributed by atoms with Crippen LogP contribution in [0.4, 0.5) is 4.39 Å². The lowest BCUT2D eigenvalue weighted by Crippen LogP contribution is -2.54. The van der Waals surface area contributed by atoms with Crippen LogP contribution in [0, 0.1) is 40.9 Å². The van der Waals surface area contributed by atoms with E-state index in [0.717, 1.165) is 38.5 Å². The minimum atomic E-state index is -0.815. The maximum Gasteiger partial charge on any atom is 0.162 e. The molecule has 4 saturated carbocycles. The number of ketones is 1. The summed E-state index contributed by atoms with van der Waals surface area (Å²) in [6.07, 6.45) is 7.59. The lowest BCUT2D eigenvalue weighted by atomic mass is 9.48. The molecule has 29 heavy (non-hydrogen) atoms. The van der Waals surface area contributed by atoms with E-state index >= 15 is 4.39 Å². The summed E-state index contributed by atoms with van der Waals surface area (Å²) >= 11 is 0. The van der Waals surface area contributed by atoms with E-state index in [4.69, 9.17) is 0 Å². The molecule has 4 aliphatic rings. The number of aliphatic hydroxyl groups is 1. The van der Waals surface area contributed by atoms with Gasteiger partial charge in [0.1, 0.15) is 12.7 Å². The Balaban J connectivity index is 1.35. The topological polar surface area (TPSA) is 80.9 Å². The second kappa shape index (κ2) is 6.82. The van der Waals surface area contributed by atoms with Crippen LogP contribution in [0.25, 0.3) is 0 Å². The molecule has 1 aromatic heterocycles. The molecule has 6 nitrogen and oxygen atoms in total. The molecule has 1 N–H and O–H groups in total. The summed E-state index contributed by atoms with van der Waals surface area (Å²) in [5.74, 6) is 2.01. The number of carbonyl (C=O) groups is 1. The Labute approximate surface area is 171 Å². The van der Waals surface area contributed by atoms with Crippen LogP contribution in [0.15, 0.2) is 6.33 Å². The highest BCUT2D eigenvalue weighted by Crippen LogP contribution is 2.65. The van der Waals surface area contributed by atoms with Crippen LogP contribution in [0.3, 0.4) is 0 Å². The Hall–Kier alpha value is -1.37. The molecule has 9 atom stereocenters. The van der Waals surface area contributed by atoms with Crippen LogP contribution < -0.4 is 0 Å². The van der Waals surface area contributed by atoms with Gasteiger partial charge in [0.15, 0.2) is 12.1 Å². The van der Waals surface area contributed by atoms with Crippen molar-refractivity contribution in [2.45, 2.75) is 83.5 Å². The van der Waals surface area contributed by atoms with E-state index in [1.165, 1.54) is 11.1 Å². The maximum atomic E-state index is 15.3. The highest BCUT2D eigenvalue weighted by molar-refractivity contribution is 5.81. The van der Waals surface area contributed by atoms with Crippen LogP contribution in [0.5, 0.6) is 0 Å². The van der Waals surface area contributed by atoms with E-state index in [-0.39, 0.29) is 29.6 Å². The molecule has 0 radical (unpaired) electrons. The fourth-order valence-corrected chi connectivity index (χ4v) is 8.04. The third-order valence-corrected chi connectivity index (χ3v) is 9.32. The SMILES string of the molecule is C[C@@]1(O)CC[C@@H]2[C@H]3CC[C@]4(C)[C@@H](C(=O)Cn5ncnn5)CC[C@H]4[C@@H]3CC(F)[C@H]2C1. The smallest absolute Gasteiger partial charge is 0.162 e. The average molecular weight is 405 g/mol. The molecule has 0 saturated heterocycles. The molecule has 4 aliphatic carbocycles. The van der Waals surface area contributed by atoms with Gasteiger partial charge in [0.25, 0.3) is 0 Å². The zero-order valence-electron chi connectivity index (χ0n) is 17.5. The van der Waals surface area contributed by atoms with Gasteiger partial charge in [0, 0.05) is 5.92 Å². The Morgan fingerprint density at radius 2 is 1.90 bits per heavy atom. The number of halogens is 1. The van der Waals surface area contributed by atoms with Crippen molar-refractivity contribution in [1.29, 1.82) is 0 Å². The molecule has 0 aromatic carbocycles. The molecule has 0 amide bonds. The van der Waals surface area contributed by atoms with Gasteiger partial charge >= 0.3 is 0 Å². The summed E-state index contributed by atoms with van der Waals surface area (Å²) < 4.78 is 15.3. The normalized spacial score (nSPS) is 49.2. The van der Waals surface area contributed by atoms with Crippen LogP contribution in [-0.2, 0) is 11.3 Å². The van der Waals surface area contributed by atoms with Gasteiger partial charge in [-0.15, -0.1) is 10.2 Å². The van der Waals surface area contributed by atoms with E-state index < -0.39 is 11.8 Å². The van der Waals surface area contributed by atoms with Gasteiger partial charge in [-0.3, -0.25) is 4.79 Å². The number of Topliss-reactive ketones (excluding diaryl/α,β-unsaturated/α-hetero) is 1. The Morgan fingerprint density at radius 3 is 2.66 bits per heavy atom. The van der Waals surface area contributed by atoms with Crippen molar-refractivity contribution < 1.29 is 14.3 Å². The van der Waals surface area contributed by atoms with Crippen molar-refractivity contribution in [1.82, 2.24) is 20.2 Å². The number of alkyl halides is 1.